The molecule has 0 aliphatic carbocycles. The summed E-state index contributed by atoms with van der Waals surface area (Å²) in [7, 11) is 0. The standard InChI is InChI=1S/C12H20N2O4S/c1-4-7(2)11(16)14-6-19-5-9(14)10(15)13-8(3)12(17)18/h7-9H,4-6H2,1-3H3,(H,13,15)(H,17,18). The lowest BCUT2D eigenvalue weighted by Gasteiger charge is -2.26. The van der Waals surface area contributed by atoms with Gasteiger partial charge in [0.15, 0.2) is 0 Å². The average Bonchev–Trinajstić information content (AvgIpc) is 2.85. The van der Waals surface area contributed by atoms with Crippen LogP contribution in [0.25, 0.3) is 0 Å². The van der Waals surface area contributed by atoms with Gasteiger partial charge in [0.25, 0.3) is 0 Å². The van der Waals surface area contributed by atoms with E-state index in [1.807, 2.05) is 13.8 Å². The summed E-state index contributed by atoms with van der Waals surface area (Å²) in [4.78, 5) is 36.4. The van der Waals surface area contributed by atoms with Crippen LogP contribution in [0.1, 0.15) is 27.2 Å². The summed E-state index contributed by atoms with van der Waals surface area (Å²) in [6, 6.07) is -1.51. The molecule has 1 heterocycles. The third-order valence-corrected chi connectivity index (χ3v) is 4.24. The number of carboxylic acid groups (broad SMARTS) is 1. The predicted octanol–water partition coefficient (Wildman–Crippen LogP) is 0.523. The van der Waals surface area contributed by atoms with E-state index in [9.17, 15) is 14.4 Å². The van der Waals surface area contributed by atoms with E-state index in [1.165, 1.54) is 18.7 Å². The molecule has 19 heavy (non-hydrogen) atoms. The molecule has 0 aromatic heterocycles. The van der Waals surface area contributed by atoms with Crippen LogP contribution >= 0.6 is 11.8 Å². The quantitative estimate of drug-likeness (QED) is 0.770. The monoisotopic (exact) mass is 288 g/mol. The predicted molar refractivity (Wildman–Crippen MR) is 72.7 cm³/mol. The van der Waals surface area contributed by atoms with Gasteiger partial charge in [0.1, 0.15) is 12.1 Å². The first kappa shape index (κ1) is 15.8. The lowest BCUT2D eigenvalue weighted by atomic mass is 10.1. The Kier molecular flexibility index (Phi) is 5.65. The molecule has 1 rings (SSSR count). The van der Waals surface area contributed by atoms with Crippen LogP contribution < -0.4 is 5.32 Å². The molecule has 0 radical (unpaired) electrons. The molecule has 2 N–H and O–H groups in total. The Morgan fingerprint density at radius 1 is 1.42 bits per heavy atom. The van der Waals surface area contributed by atoms with E-state index in [0.29, 0.717) is 11.6 Å². The first-order valence-corrected chi connectivity index (χ1v) is 7.45. The van der Waals surface area contributed by atoms with Crippen LogP contribution in [-0.2, 0) is 14.4 Å². The normalized spacial score (nSPS) is 21.8. The molecule has 1 fully saturated rings. The minimum atomic E-state index is -1.08. The molecule has 0 aromatic rings. The van der Waals surface area contributed by atoms with Crippen molar-refractivity contribution in [2.75, 3.05) is 11.6 Å². The summed E-state index contributed by atoms with van der Waals surface area (Å²) >= 11 is 1.51. The van der Waals surface area contributed by atoms with Gasteiger partial charge in [-0.1, -0.05) is 13.8 Å². The number of rotatable bonds is 5. The molecule has 1 saturated heterocycles. The number of nitrogens with one attached hydrogen (secondary N) is 1. The first-order valence-electron chi connectivity index (χ1n) is 6.29. The van der Waals surface area contributed by atoms with Gasteiger partial charge in [-0.25, -0.2) is 0 Å². The third-order valence-electron chi connectivity index (χ3n) is 3.23. The van der Waals surface area contributed by atoms with Gasteiger partial charge >= 0.3 is 5.97 Å². The second kappa shape index (κ2) is 6.79. The summed E-state index contributed by atoms with van der Waals surface area (Å²) in [6.07, 6.45) is 0.722. The van der Waals surface area contributed by atoms with Crippen LogP contribution in [0.3, 0.4) is 0 Å². The molecule has 0 saturated carbocycles. The van der Waals surface area contributed by atoms with Gasteiger partial charge in [0, 0.05) is 11.7 Å². The molecule has 6 nitrogen and oxygen atoms in total. The van der Waals surface area contributed by atoms with Crippen molar-refractivity contribution in [2.24, 2.45) is 5.92 Å². The van der Waals surface area contributed by atoms with Gasteiger partial charge in [-0.2, -0.15) is 0 Å². The molecular weight excluding hydrogens is 268 g/mol. The Morgan fingerprint density at radius 3 is 2.58 bits per heavy atom. The summed E-state index contributed by atoms with van der Waals surface area (Å²) in [6.45, 7) is 5.16. The second-order valence-electron chi connectivity index (χ2n) is 4.70. The maximum Gasteiger partial charge on any atom is 0.325 e. The minimum absolute atomic E-state index is 0.0457. The number of thioether (sulfide) groups is 1. The van der Waals surface area contributed by atoms with Gasteiger partial charge in [-0.15, -0.1) is 11.8 Å². The molecule has 0 bridgehead atoms. The second-order valence-corrected chi connectivity index (χ2v) is 5.70. The van der Waals surface area contributed by atoms with E-state index < -0.39 is 24.0 Å². The molecule has 1 aliphatic rings. The number of amides is 2. The average molecular weight is 288 g/mol. The highest BCUT2D eigenvalue weighted by Gasteiger charge is 2.36. The van der Waals surface area contributed by atoms with Crippen molar-refractivity contribution in [2.45, 2.75) is 39.3 Å². The van der Waals surface area contributed by atoms with Crippen LogP contribution in [0.2, 0.25) is 0 Å². The van der Waals surface area contributed by atoms with Crippen LogP contribution in [0.5, 0.6) is 0 Å². The molecule has 0 spiro atoms. The third kappa shape index (κ3) is 3.86. The van der Waals surface area contributed by atoms with Gasteiger partial charge < -0.3 is 15.3 Å². The smallest absolute Gasteiger partial charge is 0.325 e. The van der Waals surface area contributed by atoms with Crippen LogP contribution in [0.15, 0.2) is 0 Å². The maximum absolute atomic E-state index is 12.1. The van der Waals surface area contributed by atoms with Gasteiger partial charge in [-0.3, -0.25) is 14.4 Å². The Morgan fingerprint density at radius 2 is 2.05 bits per heavy atom. The molecule has 0 aromatic carbocycles. The zero-order chi connectivity index (χ0) is 14.6. The fourth-order valence-corrected chi connectivity index (χ4v) is 2.87. The minimum Gasteiger partial charge on any atom is -0.480 e. The maximum atomic E-state index is 12.1. The van der Waals surface area contributed by atoms with E-state index in [1.54, 1.807) is 4.90 Å². The highest BCUT2D eigenvalue weighted by molar-refractivity contribution is 7.99. The van der Waals surface area contributed by atoms with Gasteiger partial charge in [0.2, 0.25) is 11.8 Å². The molecule has 108 valence electrons. The summed E-state index contributed by atoms with van der Waals surface area (Å²) < 4.78 is 0. The fourth-order valence-electron chi connectivity index (χ4n) is 1.71. The van der Waals surface area contributed by atoms with Crippen molar-refractivity contribution in [3.63, 3.8) is 0 Å². The molecule has 3 unspecified atom stereocenters. The Bertz CT molecular complexity index is 375. The largest absolute Gasteiger partial charge is 0.480 e. The van der Waals surface area contributed by atoms with E-state index in [4.69, 9.17) is 5.11 Å². The summed E-state index contributed by atoms with van der Waals surface area (Å²) in [5.41, 5.74) is 0. The topological polar surface area (TPSA) is 86.7 Å². The van der Waals surface area contributed by atoms with Crippen LogP contribution in [-0.4, -0.2) is 51.5 Å². The zero-order valence-corrected chi connectivity index (χ0v) is 12.2. The van der Waals surface area contributed by atoms with Crippen molar-refractivity contribution < 1.29 is 19.5 Å². The number of aliphatic carboxylic acids is 1. The van der Waals surface area contributed by atoms with Crippen molar-refractivity contribution in [3.8, 4) is 0 Å². The van der Waals surface area contributed by atoms with E-state index in [2.05, 4.69) is 5.32 Å². The Labute approximate surface area is 116 Å². The highest BCUT2D eigenvalue weighted by Crippen LogP contribution is 2.23. The lowest BCUT2D eigenvalue weighted by molar-refractivity contribution is -0.144. The number of hydrogen-bond donors (Lipinski definition) is 2. The number of carboxylic acids is 1. The first-order chi connectivity index (χ1) is 8.88. The van der Waals surface area contributed by atoms with E-state index in [-0.39, 0.29) is 11.8 Å². The number of carbonyl (C=O) groups is 3. The summed E-state index contributed by atoms with van der Waals surface area (Å²) in [5.74, 6) is -0.639. The van der Waals surface area contributed by atoms with Gasteiger partial charge in [0.05, 0.1) is 5.88 Å². The van der Waals surface area contributed by atoms with E-state index >= 15 is 0 Å². The van der Waals surface area contributed by atoms with Crippen molar-refractivity contribution in [1.29, 1.82) is 0 Å². The molecule has 1 aliphatic heterocycles. The highest BCUT2D eigenvalue weighted by atomic mass is 32.2. The molecule has 3 atom stereocenters. The molecule has 7 heteroatoms. The molecular formula is C12H20N2O4S. The van der Waals surface area contributed by atoms with Crippen LogP contribution in [0, 0.1) is 5.92 Å². The van der Waals surface area contributed by atoms with Crippen molar-refractivity contribution in [3.05, 3.63) is 0 Å². The van der Waals surface area contributed by atoms with Crippen molar-refractivity contribution in [1.82, 2.24) is 10.2 Å². The van der Waals surface area contributed by atoms with E-state index in [0.717, 1.165) is 6.42 Å². The van der Waals surface area contributed by atoms with Crippen LogP contribution in [0.4, 0.5) is 0 Å². The van der Waals surface area contributed by atoms with Crippen molar-refractivity contribution >= 4 is 29.5 Å². The number of nitrogens with zero attached hydrogens (tertiary/aromatic N) is 1. The fraction of sp³-hybridized carbons (Fsp3) is 0.750. The van der Waals surface area contributed by atoms with Gasteiger partial charge in [-0.05, 0) is 13.3 Å². The zero-order valence-electron chi connectivity index (χ0n) is 11.4. The number of hydrogen-bond acceptors (Lipinski definition) is 4. The summed E-state index contributed by atoms with van der Waals surface area (Å²) in [5, 5.41) is 11.2. The molecule has 2 amide bonds. The Balaban J connectivity index is 2.68. The number of carbonyl (C=O) groups excluding carboxylic acids is 2. The SMILES string of the molecule is CCC(C)C(=O)N1CSCC1C(=O)NC(C)C(=O)O. The Hall–Kier alpha value is -1.24. The lowest BCUT2D eigenvalue weighted by Crippen LogP contribution is -2.51.